The minimum Gasteiger partial charge on any atom is -0.389 e. The maximum Gasteiger partial charge on any atom is 0.419 e. The summed E-state index contributed by atoms with van der Waals surface area (Å²) in [5, 5.41) is 18.7. The molecule has 1 rings (SSSR count). The molecular weight excluding hydrogens is 260 g/mol. The molecule has 0 amide bonds. The Morgan fingerprint density at radius 3 is 2.24 bits per heavy atom. The molecule has 0 aliphatic heterocycles. The van der Waals surface area contributed by atoms with Gasteiger partial charge >= 0.3 is 6.18 Å². The fourth-order valence-electron chi connectivity index (χ4n) is 1.27. The summed E-state index contributed by atoms with van der Waals surface area (Å²) in [5.41, 5.74) is -1.54. The van der Waals surface area contributed by atoms with Gasteiger partial charge in [-0.1, -0.05) is 6.07 Å². The summed E-state index contributed by atoms with van der Waals surface area (Å²) in [7, 11) is 0. The number of alkyl halides is 3. The molecule has 0 spiro atoms. The normalized spacial score (nSPS) is 15.7. The van der Waals surface area contributed by atoms with Crippen molar-refractivity contribution in [3.63, 3.8) is 0 Å². The van der Waals surface area contributed by atoms with Gasteiger partial charge in [-0.3, -0.25) is 0 Å². The van der Waals surface area contributed by atoms with Crippen molar-refractivity contribution in [2.75, 3.05) is 5.75 Å². The van der Waals surface area contributed by atoms with Crippen LogP contribution in [0.1, 0.15) is 17.2 Å². The molecule has 7 heteroatoms. The molecule has 0 aromatic heterocycles. The Morgan fingerprint density at radius 1 is 1.24 bits per heavy atom. The molecule has 0 aliphatic rings. The number of aliphatic hydroxyl groups is 2. The second-order valence-electron chi connectivity index (χ2n) is 3.43. The van der Waals surface area contributed by atoms with E-state index in [-0.39, 0.29) is 11.3 Å². The third kappa shape index (κ3) is 3.34. The predicted molar refractivity (Wildman–Crippen MR) is 56.2 cm³/mol. The van der Waals surface area contributed by atoms with Gasteiger partial charge < -0.3 is 10.2 Å². The number of hydrogen-bond donors (Lipinski definition) is 3. The summed E-state index contributed by atoms with van der Waals surface area (Å²) in [5.74, 6) is -1.58. The van der Waals surface area contributed by atoms with Crippen LogP contribution in [0, 0.1) is 5.82 Å². The van der Waals surface area contributed by atoms with E-state index in [1.165, 1.54) is 0 Å². The number of aliphatic hydroxyl groups excluding tert-OH is 2. The summed E-state index contributed by atoms with van der Waals surface area (Å²) in [6, 6.07) is 2.00. The van der Waals surface area contributed by atoms with Crippen LogP contribution < -0.4 is 0 Å². The van der Waals surface area contributed by atoms with Crippen molar-refractivity contribution < 1.29 is 27.8 Å². The average Bonchev–Trinajstić information content (AvgIpc) is 2.25. The van der Waals surface area contributed by atoms with Gasteiger partial charge in [-0.25, -0.2) is 4.39 Å². The van der Waals surface area contributed by atoms with Crippen molar-refractivity contribution in [2.45, 2.75) is 18.4 Å². The van der Waals surface area contributed by atoms with E-state index in [4.69, 9.17) is 0 Å². The fourth-order valence-corrected chi connectivity index (χ4v) is 1.47. The zero-order chi connectivity index (χ0) is 13.2. The first-order chi connectivity index (χ1) is 7.77. The quantitative estimate of drug-likeness (QED) is 0.582. The Labute approximate surface area is 100 Å². The Bertz CT molecular complexity index is 394. The van der Waals surface area contributed by atoms with Crippen molar-refractivity contribution in [3.8, 4) is 0 Å². The number of benzene rings is 1. The number of thiol groups is 1. The average molecular weight is 270 g/mol. The van der Waals surface area contributed by atoms with Gasteiger partial charge in [0.2, 0.25) is 0 Å². The van der Waals surface area contributed by atoms with Crippen molar-refractivity contribution in [1.29, 1.82) is 0 Å². The standard InChI is InChI=1S/C10H10F4O2S/c11-7-3-5(9(16)8(15)4-17)1-2-6(7)10(12,13)14/h1-3,8-9,15-17H,4H2. The Balaban J connectivity index is 3.05. The van der Waals surface area contributed by atoms with Crippen LogP contribution in [0.4, 0.5) is 17.6 Å². The zero-order valence-corrected chi connectivity index (χ0v) is 9.34. The maximum atomic E-state index is 13.1. The van der Waals surface area contributed by atoms with Crippen LogP contribution in [-0.4, -0.2) is 22.1 Å². The van der Waals surface area contributed by atoms with Gasteiger partial charge in [-0.05, 0) is 17.7 Å². The summed E-state index contributed by atoms with van der Waals surface area (Å²) in [6.07, 6.45) is -7.52. The van der Waals surface area contributed by atoms with Gasteiger partial charge in [0.15, 0.2) is 0 Å². The zero-order valence-electron chi connectivity index (χ0n) is 8.45. The minimum absolute atomic E-state index is 0.0934. The molecule has 0 radical (unpaired) electrons. The van der Waals surface area contributed by atoms with Gasteiger partial charge in [-0.15, -0.1) is 0 Å². The van der Waals surface area contributed by atoms with Crippen LogP contribution in [0.3, 0.4) is 0 Å². The molecule has 96 valence electrons. The first-order valence-electron chi connectivity index (χ1n) is 4.61. The lowest BCUT2D eigenvalue weighted by molar-refractivity contribution is -0.140. The number of rotatable bonds is 3. The fraction of sp³-hybridized carbons (Fsp3) is 0.400. The van der Waals surface area contributed by atoms with E-state index in [2.05, 4.69) is 12.6 Å². The Kier molecular flexibility index (Phi) is 4.40. The highest BCUT2D eigenvalue weighted by Gasteiger charge is 2.34. The van der Waals surface area contributed by atoms with Crippen LogP contribution >= 0.6 is 12.6 Å². The summed E-state index contributed by atoms with van der Waals surface area (Å²) >= 11 is 3.71. The van der Waals surface area contributed by atoms with Crippen LogP contribution in [0.2, 0.25) is 0 Å². The first-order valence-corrected chi connectivity index (χ1v) is 5.24. The number of hydrogen-bond acceptors (Lipinski definition) is 3. The third-order valence-electron chi connectivity index (χ3n) is 2.19. The molecule has 0 bridgehead atoms. The molecule has 1 aromatic rings. The summed E-state index contributed by atoms with van der Waals surface area (Å²) in [6.45, 7) is 0. The van der Waals surface area contributed by atoms with E-state index in [1.807, 2.05) is 0 Å². The lowest BCUT2D eigenvalue weighted by Gasteiger charge is -2.17. The second kappa shape index (κ2) is 5.24. The Hall–Kier alpha value is -0.790. The minimum atomic E-state index is -4.78. The lowest BCUT2D eigenvalue weighted by Crippen LogP contribution is -2.20. The molecule has 2 N–H and O–H groups in total. The molecule has 0 fully saturated rings. The molecule has 17 heavy (non-hydrogen) atoms. The molecule has 0 saturated carbocycles. The third-order valence-corrected chi connectivity index (χ3v) is 2.57. The van der Waals surface area contributed by atoms with Gasteiger partial charge in [0.1, 0.15) is 11.9 Å². The summed E-state index contributed by atoms with van der Waals surface area (Å²) in [4.78, 5) is 0. The first kappa shape index (κ1) is 14.3. The van der Waals surface area contributed by atoms with Crippen LogP contribution in [-0.2, 0) is 6.18 Å². The molecule has 2 atom stereocenters. The summed E-state index contributed by atoms with van der Waals surface area (Å²) < 4.78 is 49.9. The van der Waals surface area contributed by atoms with Gasteiger partial charge in [-0.2, -0.15) is 25.8 Å². The van der Waals surface area contributed by atoms with Gasteiger partial charge in [0, 0.05) is 5.75 Å². The van der Waals surface area contributed by atoms with E-state index in [9.17, 15) is 27.8 Å². The van der Waals surface area contributed by atoms with Crippen molar-refractivity contribution in [2.24, 2.45) is 0 Å². The van der Waals surface area contributed by atoms with Crippen molar-refractivity contribution >= 4 is 12.6 Å². The smallest absolute Gasteiger partial charge is 0.389 e. The highest BCUT2D eigenvalue weighted by Crippen LogP contribution is 2.32. The van der Waals surface area contributed by atoms with E-state index in [0.717, 1.165) is 6.07 Å². The molecule has 1 aromatic carbocycles. The monoisotopic (exact) mass is 270 g/mol. The topological polar surface area (TPSA) is 40.5 Å². The second-order valence-corrected chi connectivity index (χ2v) is 3.80. The van der Waals surface area contributed by atoms with E-state index in [0.29, 0.717) is 12.1 Å². The molecule has 0 aliphatic carbocycles. The highest BCUT2D eigenvalue weighted by atomic mass is 32.1. The lowest BCUT2D eigenvalue weighted by atomic mass is 10.0. The van der Waals surface area contributed by atoms with Gasteiger partial charge in [0.25, 0.3) is 0 Å². The molecule has 0 saturated heterocycles. The predicted octanol–water partition coefficient (Wildman–Crippen LogP) is 2.17. The van der Waals surface area contributed by atoms with E-state index in [1.54, 1.807) is 0 Å². The molecular formula is C10H10F4O2S. The number of halogens is 4. The maximum absolute atomic E-state index is 13.1. The van der Waals surface area contributed by atoms with Crippen LogP contribution in [0.15, 0.2) is 18.2 Å². The van der Waals surface area contributed by atoms with Crippen molar-refractivity contribution in [3.05, 3.63) is 35.1 Å². The van der Waals surface area contributed by atoms with Crippen LogP contribution in [0.25, 0.3) is 0 Å². The van der Waals surface area contributed by atoms with Gasteiger partial charge in [0.05, 0.1) is 11.7 Å². The van der Waals surface area contributed by atoms with E-state index >= 15 is 0 Å². The SMILES string of the molecule is OC(CS)C(O)c1ccc(C(F)(F)F)c(F)c1. The van der Waals surface area contributed by atoms with Crippen LogP contribution in [0.5, 0.6) is 0 Å². The largest absolute Gasteiger partial charge is 0.419 e. The van der Waals surface area contributed by atoms with E-state index < -0.39 is 29.8 Å². The molecule has 2 unspecified atom stereocenters. The molecule has 0 heterocycles. The highest BCUT2D eigenvalue weighted by molar-refractivity contribution is 7.80. The molecule has 2 nitrogen and oxygen atoms in total. The van der Waals surface area contributed by atoms with Crippen molar-refractivity contribution in [1.82, 2.24) is 0 Å². The Morgan fingerprint density at radius 2 is 1.82 bits per heavy atom.